The average molecular weight is 415 g/mol. The smallest absolute Gasteiger partial charge is 0.233 e. The maximum atomic E-state index is 11.7. The van der Waals surface area contributed by atoms with Gasteiger partial charge in [0.05, 0.1) is 26.5 Å². The zero-order chi connectivity index (χ0) is 17.9. The van der Waals surface area contributed by atoms with Crippen LogP contribution >= 0.6 is 15.9 Å². The number of benzene rings is 1. The van der Waals surface area contributed by atoms with Crippen LogP contribution in [-0.4, -0.2) is 37.4 Å². The third-order valence-electron chi connectivity index (χ3n) is 3.20. The van der Waals surface area contributed by atoms with Gasteiger partial charge in [-0.3, -0.25) is 5.14 Å². The Bertz CT molecular complexity index is 810. The highest BCUT2D eigenvalue weighted by Gasteiger charge is 2.14. The number of aromatic nitrogens is 2. The number of anilines is 2. The Kier molecular flexibility index (Phi) is 5.81. The highest BCUT2D eigenvalue weighted by molar-refractivity contribution is 9.10. The van der Waals surface area contributed by atoms with Gasteiger partial charge in [0.15, 0.2) is 0 Å². The van der Waals surface area contributed by atoms with E-state index in [9.17, 15) is 9.32 Å². The van der Waals surface area contributed by atoms with E-state index in [1.165, 1.54) is 0 Å². The minimum atomic E-state index is -2.74. The molecule has 24 heavy (non-hydrogen) atoms. The average Bonchev–Trinajstić information content (AvgIpc) is 2.50. The number of hydrogen-bond acceptors (Lipinski definition) is 6. The van der Waals surface area contributed by atoms with E-state index in [1.54, 1.807) is 44.3 Å². The monoisotopic (exact) mass is 414 g/mol. The first-order valence-corrected chi connectivity index (χ1v) is 9.64. The molecule has 0 radical (unpaired) electrons. The van der Waals surface area contributed by atoms with Crippen molar-refractivity contribution in [3.8, 4) is 5.88 Å². The number of aliphatic hydroxyl groups excluding tert-OH is 1. The van der Waals surface area contributed by atoms with Crippen LogP contribution in [0.25, 0.3) is 0 Å². The molecule has 0 spiro atoms. The van der Waals surface area contributed by atoms with Crippen LogP contribution in [0.2, 0.25) is 0 Å². The maximum Gasteiger partial charge on any atom is 0.233 e. The van der Waals surface area contributed by atoms with Crippen LogP contribution < -0.4 is 15.2 Å². The van der Waals surface area contributed by atoms with Crippen molar-refractivity contribution in [1.82, 2.24) is 9.97 Å². The number of nitrogens with zero attached hydrogens (tertiary/aromatic N) is 2. The lowest BCUT2D eigenvalue weighted by Gasteiger charge is -2.17. The molecule has 2 rings (SSSR count). The van der Waals surface area contributed by atoms with E-state index in [2.05, 4.69) is 37.1 Å². The van der Waals surface area contributed by atoms with Crippen LogP contribution in [0.3, 0.4) is 0 Å². The summed E-state index contributed by atoms with van der Waals surface area (Å²) in [6, 6.07) is 6.67. The molecule has 0 aliphatic carbocycles. The molecule has 0 saturated heterocycles. The first-order valence-electron chi connectivity index (χ1n) is 7.06. The molecule has 1 heterocycles. The van der Waals surface area contributed by atoms with Gasteiger partial charge in [-0.05, 0) is 59.9 Å². The SMILES string of the molecule is C=S(N)(=O)c1ccc(Nc2ncc(Br)c(O[C@H](C)[C@@H](C)O)n2)cc1. The van der Waals surface area contributed by atoms with Gasteiger partial charge in [-0.15, -0.1) is 0 Å². The number of ether oxygens (including phenoxy) is 1. The van der Waals surface area contributed by atoms with E-state index < -0.39 is 21.9 Å². The summed E-state index contributed by atoms with van der Waals surface area (Å²) < 4.78 is 17.9. The largest absolute Gasteiger partial charge is 0.471 e. The highest BCUT2D eigenvalue weighted by Crippen LogP contribution is 2.25. The molecule has 3 atom stereocenters. The molecule has 1 aromatic heterocycles. The quantitative estimate of drug-likeness (QED) is 0.624. The molecule has 4 N–H and O–H groups in total. The van der Waals surface area contributed by atoms with Gasteiger partial charge in [0, 0.05) is 10.6 Å². The van der Waals surface area contributed by atoms with Gasteiger partial charge in [0.25, 0.3) is 0 Å². The standard InChI is InChI=1S/C15H19BrN4O3S/c1-9(21)10(2)23-14-13(16)8-18-15(20-14)19-11-4-6-12(7-5-11)24(3,17)22/h4-10,21H,3H2,1-2H3,(H2,17,22)(H,18,19,20)/t9-,10-,24?/m1/s1. The summed E-state index contributed by atoms with van der Waals surface area (Å²) in [5, 5.41) is 18.0. The Balaban J connectivity index is 2.18. The van der Waals surface area contributed by atoms with Gasteiger partial charge in [-0.1, -0.05) is 0 Å². The number of aliphatic hydroxyl groups is 1. The summed E-state index contributed by atoms with van der Waals surface area (Å²) in [5.74, 6) is 4.08. The Morgan fingerprint density at radius 3 is 2.54 bits per heavy atom. The molecule has 0 fully saturated rings. The van der Waals surface area contributed by atoms with E-state index in [0.717, 1.165) is 0 Å². The molecule has 0 aliphatic heterocycles. The highest BCUT2D eigenvalue weighted by atomic mass is 79.9. The van der Waals surface area contributed by atoms with Crippen molar-refractivity contribution in [3.05, 3.63) is 34.9 Å². The van der Waals surface area contributed by atoms with E-state index in [0.29, 0.717) is 26.9 Å². The second kappa shape index (κ2) is 7.47. The zero-order valence-electron chi connectivity index (χ0n) is 13.3. The number of nitrogens with one attached hydrogen (secondary N) is 1. The lowest BCUT2D eigenvalue weighted by Crippen LogP contribution is -2.26. The van der Waals surface area contributed by atoms with E-state index in [4.69, 9.17) is 9.88 Å². The molecule has 9 heteroatoms. The number of rotatable bonds is 6. The fourth-order valence-electron chi connectivity index (χ4n) is 1.67. The molecular formula is C15H19BrN4O3S. The van der Waals surface area contributed by atoms with Crippen LogP contribution in [0.4, 0.5) is 11.6 Å². The summed E-state index contributed by atoms with van der Waals surface area (Å²) in [5.41, 5.74) is 0.694. The third-order valence-corrected chi connectivity index (χ3v) is 4.81. The maximum absolute atomic E-state index is 11.7. The zero-order valence-corrected chi connectivity index (χ0v) is 15.7. The topological polar surface area (TPSA) is 110 Å². The van der Waals surface area contributed by atoms with E-state index >= 15 is 0 Å². The minimum absolute atomic E-state index is 0.320. The first-order chi connectivity index (χ1) is 11.2. The summed E-state index contributed by atoms with van der Waals surface area (Å²) in [6.07, 6.45) is 0.499. The second-order valence-electron chi connectivity index (χ2n) is 5.29. The van der Waals surface area contributed by atoms with Crippen molar-refractivity contribution in [1.29, 1.82) is 0 Å². The molecule has 0 saturated carbocycles. The van der Waals surface area contributed by atoms with Gasteiger partial charge in [-0.25, -0.2) is 9.19 Å². The van der Waals surface area contributed by atoms with Crippen molar-refractivity contribution in [2.45, 2.75) is 31.0 Å². The van der Waals surface area contributed by atoms with Gasteiger partial charge in [0.1, 0.15) is 6.10 Å². The Hall–Kier alpha value is -1.68. The number of hydrogen-bond donors (Lipinski definition) is 3. The lowest BCUT2D eigenvalue weighted by molar-refractivity contribution is 0.0569. The van der Waals surface area contributed by atoms with Crippen molar-refractivity contribution in [2.75, 3.05) is 5.32 Å². The minimum Gasteiger partial charge on any atom is -0.471 e. The Morgan fingerprint density at radius 2 is 2.00 bits per heavy atom. The van der Waals surface area contributed by atoms with Gasteiger partial charge >= 0.3 is 0 Å². The summed E-state index contributed by atoms with van der Waals surface area (Å²) in [7, 11) is -2.74. The van der Waals surface area contributed by atoms with Crippen LogP contribution in [-0.2, 0) is 9.71 Å². The molecule has 7 nitrogen and oxygen atoms in total. The first kappa shape index (κ1) is 18.7. The van der Waals surface area contributed by atoms with Crippen LogP contribution in [0, 0.1) is 0 Å². The molecule has 0 bridgehead atoms. The number of halogens is 1. The summed E-state index contributed by atoms with van der Waals surface area (Å²) >= 11 is 3.31. The summed E-state index contributed by atoms with van der Waals surface area (Å²) in [6.45, 7) is 3.38. The lowest BCUT2D eigenvalue weighted by atomic mass is 10.3. The molecule has 0 aliphatic rings. The Labute approximate surface area is 149 Å². The van der Waals surface area contributed by atoms with E-state index in [-0.39, 0.29) is 0 Å². The fraction of sp³-hybridized carbons (Fsp3) is 0.267. The van der Waals surface area contributed by atoms with Crippen molar-refractivity contribution < 1.29 is 14.1 Å². The summed E-state index contributed by atoms with van der Waals surface area (Å²) in [4.78, 5) is 8.88. The van der Waals surface area contributed by atoms with Crippen LogP contribution in [0.5, 0.6) is 5.88 Å². The molecule has 2 aromatic rings. The van der Waals surface area contributed by atoms with Crippen molar-refractivity contribution in [2.24, 2.45) is 5.14 Å². The Morgan fingerprint density at radius 1 is 1.38 bits per heavy atom. The van der Waals surface area contributed by atoms with Gasteiger partial charge in [0.2, 0.25) is 11.8 Å². The molecule has 0 amide bonds. The fourth-order valence-corrected chi connectivity index (χ4v) is 2.55. The predicted octanol–water partition coefficient (Wildman–Crippen LogP) is 2.08. The third kappa shape index (κ3) is 4.91. The van der Waals surface area contributed by atoms with Gasteiger partial charge in [-0.2, -0.15) is 4.98 Å². The van der Waals surface area contributed by atoms with Crippen LogP contribution in [0.15, 0.2) is 39.8 Å². The number of nitrogens with two attached hydrogens (primary N) is 1. The van der Waals surface area contributed by atoms with Crippen LogP contribution in [0.1, 0.15) is 13.8 Å². The molecular weight excluding hydrogens is 396 g/mol. The van der Waals surface area contributed by atoms with Crippen molar-refractivity contribution in [3.63, 3.8) is 0 Å². The molecule has 130 valence electrons. The predicted molar refractivity (Wildman–Crippen MR) is 98.9 cm³/mol. The second-order valence-corrected chi connectivity index (χ2v) is 8.06. The van der Waals surface area contributed by atoms with E-state index in [1.807, 2.05) is 0 Å². The normalized spacial score (nSPS) is 16.0. The molecule has 1 aromatic carbocycles. The van der Waals surface area contributed by atoms with Gasteiger partial charge < -0.3 is 15.2 Å². The van der Waals surface area contributed by atoms with Crippen molar-refractivity contribution >= 4 is 43.1 Å². The molecule has 1 unspecified atom stereocenters.